The van der Waals surface area contributed by atoms with E-state index in [9.17, 15) is 0 Å². The van der Waals surface area contributed by atoms with Gasteiger partial charge in [0.2, 0.25) is 0 Å². The van der Waals surface area contributed by atoms with E-state index < -0.39 is 0 Å². The zero-order chi connectivity index (χ0) is 11.8. The first kappa shape index (κ1) is 15.0. The first-order chi connectivity index (χ1) is 7.02. The van der Waals surface area contributed by atoms with Crippen LogP contribution in [0.2, 0.25) is 0 Å². The van der Waals surface area contributed by atoms with Crippen LogP contribution in [0.3, 0.4) is 0 Å². The maximum absolute atomic E-state index is 2.46. The van der Waals surface area contributed by atoms with Crippen LogP contribution in [-0.2, 0) is 0 Å². The highest BCUT2D eigenvalue weighted by Gasteiger charge is 2.18. The lowest BCUT2D eigenvalue weighted by atomic mass is 9.79. The summed E-state index contributed by atoms with van der Waals surface area (Å²) in [6.45, 7) is 14.2. The van der Waals surface area contributed by atoms with Crippen molar-refractivity contribution in [2.75, 3.05) is 0 Å². The van der Waals surface area contributed by atoms with E-state index in [-0.39, 0.29) is 0 Å². The van der Waals surface area contributed by atoms with Crippen molar-refractivity contribution in [2.24, 2.45) is 23.7 Å². The fourth-order valence-electron chi connectivity index (χ4n) is 2.41. The van der Waals surface area contributed by atoms with Crippen molar-refractivity contribution in [3.63, 3.8) is 0 Å². The minimum atomic E-state index is 0.844. The van der Waals surface area contributed by atoms with E-state index >= 15 is 0 Å². The van der Waals surface area contributed by atoms with Gasteiger partial charge in [-0.3, -0.25) is 0 Å². The molecule has 0 rings (SSSR count). The van der Waals surface area contributed by atoms with E-state index in [1.54, 1.807) is 0 Å². The summed E-state index contributed by atoms with van der Waals surface area (Å²) < 4.78 is 0. The van der Waals surface area contributed by atoms with Crippen LogP contribution in [0.5, 0.6) is 0 Å². The fourth-order valence-corrected chi connectivity index (χ4v) is 2.41. The molecule has 3 atom stereocenters. The minimum absolute atomic E-state index is 0.844. The highest BCUT2D eigenvalue weighted by Crippen LogP contribution is 2.29. The maximum atomic E-state index is 2.46. The summed E-state index contributed by atoms with van der Waals surface area (Å²) in [6, 6.07) is 0. The summed E-state index contributed by atoms with van der Waals surface area (Å²) >= 11 is 0. The van der Waals surface area contributed by atoms with Crippen molar-refractivity contribution >= 4 is 0 Å². The average molecular weight is 212 g/mol. The second kappa shape index (κ2) is 8.19. The second-order valence-corrected chi connectivity index (χ2v) is 5.74. The molecular formula is C15H32. The highest BCUT2D eigenvalue weighted by atomic mass is 14.2. The molecule has 0 radical (unpaired) electrons. The van der Waals surface area contributed by atoms with Crippen molar-refractivity contribution in [1.29, 1.82) is 0 Å². The van der Waals surface area contributed by atoms with Crippen LogP contribution in [-0.4, -0.2) is 0 Å². The fraction of sp³-hybridized carbons (Fsp3) is 1.00. The first-order valence-corrected chi connectivity index (χ1v) is 7.02. The molecule has 0 aromatic heterocycles. The summed E-state index contributed by atoms with van der Waals surface area (Å²) in [7, 11) is 0. The van der Waals surface area contributed by atoms with Crippen LogP contribution in [0.15, 0.2) is 0 Å². The molecule has 0 bridgehead atoms. The number of unbranched alkanes of at least 4 members (excludes halogenated alkanes) is 1. The first-order valence-electron chi connectivity index (χ1n) is 7.02. The van der Waals surface area contributed by atoms with Gasteiger partial charge in [-0.1, -0.05) is 67.2 Å². The number of rotatable bonds is 8. The van der Waals surface area contributed by atoms with Gasteiger partial charge in [0.1, 0.15) is 0 Å². The summed E-state index contributed by atoms with van der Waals surface area (Å²) in [6.07, 6.45) is 6.99. The Kier molecular flexibility index (Phi) is 8.19. The van der Waals surface area contributed by atoms with Crippen LogP contribution in [0.1, 0.15) is 73.6 Å². The third kappa shape index (κ3) is 6.22. The monoisotopic (exact) mass is 212 g/mol. The van der Waals surface area contributed by atoms with Gasteiger partial charge < -0.3 is 0 Å². The molecule has 0 heteroatoms. The van der Waals surface area contributed by atoms with Gasteiger partial charge in [0, 0.05) is 0 Å². The standard InChI is InChI=1S/C15H32/c1-7-9-10-15(8-2)14(6)11-13(5)12(3)4/h12-15H,7-11H2,1-6H3. The molecule has 0 heterocycles. The van der Waals surface area contributed by atoms with Crippen molar-refractivity contribution < 1.29 is 0 Å². The zero-order valence-corrected chi connectivity index (χ0v) is 11.8. The normalized spacial score (nSPS) is 17.8. The van der Waals surface area contributed by atoms with Crippen molar-refractivity contribution in [2.45, 2.75) is 73.6 Å². The van der Waals surface area contributed by atoms with Gasteiger partial charge in [0.25, 0.3) is 0 Å². The summed E-state index contributed by atoms with van der Waals surface area (Å²) in [5.74, 6) is 3.61. The molecular weight excluding hydrogens is 180 g/mol. The molecule has 0 nitrogen and oxygen atoms in total. The van der Waals surface area contributed by atoms with Gasteiger partial charge in [0.15, 0.2) is 0 Å². The lowest BCUT2D eigenvalue weighted by molar-refractivity contribution is 0.241. The molecule has 0 aliphatic rings. The van der Waals surface area contributed by atoms with Crippen LogP contribution in [0, 0.1) is 23.7 Å². The van der Waals surface area contributed by atoms with Crippen LogP contribution < -0.4 is 0 Å². The molecule has 0 aliphatic carbocycles. The van der Waals surface area contributed by atoms with E-state index in [2.05, 4.69) is 41.5 Å². The molecule has 0 saturated heterocycles. The molecule has 0 N–H and O–H groups in total. The van der Waals surface area contributed by atoms with E-state index in [0.717, 1.165) is 23.7 Å². The van der Waals surface area contributed by atoms with E-state index in [0.29, 0.717) is 0 Å². The number of hydrogen-bond donors (Lipinski definition) is 0. The van der Waals surface area contributed by atoms with Gasteiger partial charge in [-0.15, -0.1) is 0 Å². The van der Waals surface area contributed by atoms with Gasteiger partial charge in [-0.25, -0.2) is 0 Å². The molecule has 3 unspecified atom stereocenters. The Bertz CT molecular complexity index is 137. The van der Waals surface area contributed by atoms with Crippen molar-refractivity contribution in [1.82, 2.24) is 0 Å². The Morgan fingerprint density at radius 1 is 0.867 bits per heavy atom. The van der Waals surface area contributed by atoms with Gasteiger partial charge >= 0.3 is 0 Å². The predicted octanol–water partition coefficient (Wildman–Crippen LogP) is 5.52. The van der Waals surface area contributed by atoms with Gasteiger partial charge in [-0.2, -0.15) is 0 Å². The van der Waals surface area contributed by atoms with Gasteiger partial charge in [0.05, 0.1) is 0 Å². The van der Waals surface area contributed by atoms with E-state index in [1.807, 2.05) is 0 Å². The van der Waals surface area contributed by atoms with E-state index in [4.69, 9.17) is 0 Å². The Labute approximate surface area is 97.8 Å². The van der Waals surface area contributed by atoms with Crippen molar-refractivity contribution in [3.05, 3.63) is 0 Å². The Morgan fingerprint density at radius 3 is 1.87 bits per heavy atom. The second-order valence-electron chi connectivity index (χ2n) is 5.74. The third-order valence-electron chi connectivity index (χ3n) is 4.14. The van der Waals surface area contributed by atoms with Crippen molar-refractivity contribution in [3.8, 4) is 0 Å². The largest absolute Gasteiger partial charge is 0.0654 e. The summed E-state index contributed by atoms with van der Waals surface area (Å²) in [5, 5.41) is 0. The lowest BCUT2D eigenvalue weighted by Gasteiger charge is -2.27. The Hall–Kier alpha value is 0. The maximum Gasteiger partial charge on any atom is -0.0391 e. The molecule has 0 saturated carbocycles. The topological polar surface area (TPSA) is 0 Å². The predicted molar refractivity (Wildman–Crippen MR) is 71.1 cm³/mol. The average Bonchev–Trinajstić information content (AvgIpc) is 2.18. The van der Waals surface area contributed by atoms with Crippen LogP contribution in [0.4, 0.5) is 0 Å². The van der Waals surface area contributed by atoms with Gasteiger partial charge in [-0.05, 0) is 30.1 Å². The Balaban J connectivity index is 3.97. The van der Waals surface area contributed by atoms with Crippen LogP contribution >= 0.6 is 0 Å². The third-order valence-corrected chi connectivity index (χ3v) is 4.14. The zero-order valence-electron chi connectivity index (χ0n) is 11.8. The smallest absolute Gasteiger partial charge is 0.0391 e. The molecule has 0 aromatic carbocycles. The number of hydrogen-bond acceptors (Lipinski definition) is 0. The molecule has 0 aromatic rings. The minimum Gasteiger partial charge on any atom is -0.0654 e. The molecule has 15 heavy (non-hydrogen) atoms. The lowest BCUT2D eigenvalue weighted by Crippen LogP contribution is -2.16. The molecule has 0 spiro atoms. The van der Waals surface area contributed by atoms with E-state index in [1.165, 1.54) is 32.1 Å². The Morgan fingerprint density at radius 2 is 1.47 bits per heavy atom. The molecule has 0 fully saturated rings. The SMILES string of the molecule is CCCCC(CC)C(C)CC(C)C(C)C. The molecule has 92 valence electrons. The molecule has 0 aliphatic heterocycles. The quantitative estimate of drug-likeness (QED) is 0.497. The van der Waals surface area contributed by atoms with Crippen LogP contribution in [0.25, 0.3) is 0 Å². The summed E-state index contributed by atoms with van der Waals surface area (Å²) in [5.41, 5.74) is 0. The highest BCUT2D eigenvalue weighted by molar-refractivity contribution is 4.69. The molecule has 0 amide bonds. The summed E-state index contributed by atoms with van der Waals surface area (Å²) in [4.78, 5) is 0.